The largest absolute Gasteiger partial charge is 0.324 e. The van der Waals surface area contributed by atoms with Crippen molar-refractivity contribution < 1.29 is 4.79 Å². The van der Waals surface area contributed by atoms with Crippen LogP contribution in [0.2, 0.25) is 15.1 Å². The van der Waals surface area contributed by atoms with Crippen molar-refractivity contribution >= 4 is 69.1 Å². The number of halogens is 3. The third-order valence-electron chi connectivity index (χ3n) is 3.91. The second-order valence-corrected chi connectivity index (χ2v) is 8.43. The van der Waals surface area contributed by atoms with Crippen LogP contribution in [0, 0.1) is 0 Å². The molecule has 5 nitrogen and oxygen atoms in total. The number of hydrogen-bond acceptors (Lipinski definition) is 4. The summed E-state index contributed by atoms with van der Waals surface area (Å²) in [7, 11) is 0. The molecule has 28 heavy (non-hydrogen) atoms. The molecule has 0 aliphatic carbocycles. The quantitative estimate of drug-likeness (QED) is 0.305. The number of nitrogens with zero attached hydrogens (tertiary/aromatic N) is 2. The number of amides is 1. The molecule has 0 aliphatic heterocycles. The first kappa shape index (κ1) is 21.0. The fourth-order valence-corrected chi connectivity index (χ4v) is 4.14. The van der Waals surface area contributed by atoms with Crippen LogP contribution in [0.4, 0.5) is 5.69 Å². The van der Waals surface area contributed by atoms with Gasteiger partial charge in [-0.3, -0.25) is 14.2 Å². The Bertz CT molecular complexity index is 1120. The van der Waals surface area contributed by atoms with E-state index in [2.05, 4.69) is 10.3 Å². The van der Waals surface area contributed by atoms with Crippen LogP contribution in [0.1, 0.15) is 19.9 Å². The lowest BCUT2D eigenvalue weighted by atomic mass is 10.2. The molecule has 2 aromatic carbocycles. The number of carbonyl (C=O) groups excluding carboxylic acids is 1. The van der Waals surface area contributed by atoms with Crippen molar-refractivity contribution in [3.05, 3.63) is 61.8 Å². The van der Waals surface area contributed by atoms with E-state index in [1.54, 1.807) is 22.8 Å². The van der Waals surface area contributed by atoms with E-state index in [1.807, 2.05) is 19.9 Å². The fourth-order valence-electron chi connectivity index (χ4n) is 2.62. The van der Waals surface area contributed by atoms with Gasteiger partial charge in [0, 0.05) is 6.04 Å². The molecular formula is C19H16Cl3N3O2S. The first-order valence-electron chi connectivity index (χ1n) is 8.36. The number of nitrogens with one attached hydrogen (secondary N) is 1. The zero-order valence-electron chi connectivity index (χ0n) is 15.0. The molecule has 0 fully saturated rings. The summed E-state index contributed by atoms with van der Waals surface area (Å²) in [5.74, 6) is -0.253. The summed E-state index contributed by atoms with van der Waals surface area (Å²) in [4.78, 5) is 29.7. The van der Waals surface area contributed by atoms with Gasteiger partial charge in [-0.15, -0.1) is 0 Å². The Balaban J connectivity index is 1.83. The van der Waals surface area contributed by atoms with E-state index >= 15 is 0 Å². The smallest absolute Gasteiger partial charge is 0.262 e. The molecule has 3 rings (SSSR count). The minimum atomic E-state index is -0.303. The van der Waals surface area contributed by atoms with E-state index in [0.717, 1.165) is 0 Å². The molecule has 1 heterocycles. The lowest BCUT2D eigenvalue weighted by Crippen LogP contribution is -2.25. The Kier molecular flexibility index (Phi) is 6.55. The molecule has 0 unspecified atom stereocenters. The highest BCUT2D eigenvalue weighted by Crippen LogP contribution is 2.32. The third kappa shape index (κ3) is 4.46. The molecular weight excluding hydrogens is 441 g/mol. The fraction of sp³-hybridized carbons (Fsp3) is 0.211. The zero-order valence-corrected chi connectivity index (χ0v) is 18.1. The predicted octanol–water partition coefficient (Wildman–Crippen LogP) is 5.67. The first-order chi connectivity index (χ1) is 13.3. The van der Waals surface area contributed by atoms with Gasteiger partial charge in [0.2, 0.25) is 5.91 Å². The van der Waals surface area contributed by atoms with Crippen LogP contribution in [0.25, 0.3) is 10.9 Å². The molecule has 0 aliphatic rings. The molecule has 9 heteroatoms. The van der Waals surface area contributed by atoms with Gasteiger partial charge >= 0.3 is 0 Å². The Morgan fingerprint density at radius 2 is 1.82 bits per heavy atom. The van der Waals surface area contributed by atoms with E-state index in [9.17, 15) is 9.59 Å². The lowest BCUT2D eigenvalue weighted by molar-refractivity contribution is -0.113. The Hall–Kier alpha value is -1.73. The van der Waals surface area contributed by atoms with Gasteiger partial charge in [0.15, 0.2) is 5.16 Å². The average Bonchev–Trinajstić information content (AvgIpc) is 2.64. The van der Waals surface area contributed by atoms with Gasteiger partial charge < -0.3 is 5.32 Å². The molecule has 1 aromatic heterocycles. The van der Waals surface area contributed by atoms with Crippen molar-refractivity contribution in [2.24, 2.45) is 0 Å². The highest BCUT2D eigenvalue weighted by molar-refractivity contribution is 7.99. The summed E-state index contributed by atoms with van der Waals surface area (Å²) in [5, 5.41) is 4.61. The molecule has 0 atom stereocenters. The van der Waals surface area contributed by atoms with Crippen LogP contribution < -0.4 is 10.9 Å². The minimum absolute atomic E-state index is 0.0497. The monoisotopic (exact) mass is 455 g/mol. The van der Waals surface area contributed by atoms with Crippen LogP contribution in [0.5, 0.6) is 0 Å². The Labute approximate surface area is 181 Å². The highest BCUT2D eigenvalue weighted by Gasteiger charge is 2.16. The number of carbonyl (C=O) groups is 1. The van der Waals surface area contributed by atoms with Crippen molar-refractivity contribution in [3.8, 4) is 0 Å². The maximum atomic E-state index is 12.8. The molecule has 0 spiro atoms. The van der Waals surface area contributed by atoms with Crippen LogP contribution in [0.3, 0.4) is 0 Å². The van der Waals surface area contributed by atoms with Gasteiger partial charge in [-0.25, -0.2) is 4.98 Å². The predicted molar refractivity (Wildman–Crippen MR) is 117 cm³/mol. The van der Waals surface area contributed by atoms with Gasteiger partial charge in [0.25, 0.3) is 5.56 Å². The molecule has 1 N–H and O–H groups in total. The van der Waals surface area contributed by atoms with Crippen LogP contribution >= 0.6 is 46.6 Å². The van der Waals surface area contributed by atoms with E-state index in [0.29, 0.717) is 31.8 Å². The summed E-state index contributed by atoms with van der Waals surface area (Å²) in [6.07, 6.45) is 0. The molecule has 1 amide bonds. The molecule has 0 saturated carbocycles. The van der Waals surface area contributed by atoms with Gasteiger partial charge in [0.05, 0.1) is 37.4 Å². The topological polar surface area (TPSA) is 64.0 Å². The molecule has 0 saturated heterocycles. The van der Waals surface area contributed by atoms with Gasteiger partial charge in [0.1, 0.15) is 0 Å². The summed E-state index contributed by atoms with van der Waals surface area (Å²) in [6.45, 7) is 3.80. The van der Waals surface area contributed by atoms with E-state index in [1.165, 1.54) is 23.9 Å². The van der Waals surface area contributed by atoms with E-state index in [4.69, 9.17) is 34.8 Å². The standard InChI is InChI=1S/C19H16Cl3N3O2S/c1-10(2)25-18(27)11-5-3-4-6-15(11)24-19(25)28-9-17(26)23-16-8-13(21)12(20)7-14(16)22/h3-8,10H,9H2,1-2H3,(H,23,26). The Morgan fingerprint density at radius 3 is 2.54 bits per heavy atom. The zero-order chi connectivity index (χ0) is 20.4. The van der Waals surface area contributed by atoms with E-state index in [-0.39, 0.29) is 28.3 Å². The lowest BCUT2D eigenvalue weighted by Gasteiger charge is -2.16. The number of benzene rings is 2. The van der Waals surface area contributed by atoms with Crippen molar-refractivity contribution in [3.63, 3.8) is 0 Å². The minimum Gasteiger partial charge on any atom is -0.324 e. The summed E-state index contributed by atoms with van der Waals surface area (Å²) >= 11 is 19.2. The maximum Gasteiger partial charge on any atom is 0.262 e. The first-order valence-corrected chi connectivity index (χ1v) is 10.5. The molecule has 0 radical (unpaired) electrons. The van der Waals surface area contributed by atoms with Crippen LogP contribution in [-0.2, 0) is 4.79 Å². The number of rotatable bonds is 5. The van der Waals surface area contributed by atoms with Crippen LogP contribution in [-0.4, -0.2) is 21.2 Å². The van der Waals surface area contributed by atoms with Crippen molar-refractivity contribution in [2.75, 3.05) is 11.1 Å². The molecule has 0 bridgehead atoms. The maximum absolute atomic E-state index is 12.8. The van der Waals surface area contributed by atoms with Gasteiger partial charge in [-0.05, 0) is 38.1 Å². The molecule has 3 aromatic rings. The number of anilines is 1. The second-order valence-electron chi connectivity index (χ2n) is 6.26. The van der Waals surface area contributed by atoms with Gasteiger partial charge in [-0.1, -0.05) is 58.7 Å². The summed E-state index contributed by atoms with van der Waals surface area (Å²) < 4.78 is 1.59. The number of hydrogen-bond donors (Lipinski definition) is 1. The third-order valence-corrected chi connectivity index (χ3v) is 5.90. The van der Waals surface area contributed by atoms with E-state index < -0.39 is 0 Å². The summed E-state index contributed by atoms with van der Waals surface area (Å²) in [6, 6.07) is 10.0. The normalized spacial score (nSPS) is 11.2. The molecule has 146 valence electrons. The van der Waals surface area contributed by atoms with Crippen molar-refractivity contribution in [1.82, 2.24) is 9.55 Å². The SMILES string of the molecule is CC(C)n1c(SCC(=O)Nc2cc(Cl)c(Cl)cc2Cl)nc2ccccc2c1=O. The average molecular weight is 457 g/mol. The summed E-state index contributed by atoms with van der Waals surface area (Å²) in [5.41, 5.74) is 0.838. The number of fused-ring (bicyclic) bond motifs is 1. The number of thioether (sulfide) groups is 1. The number of aromatic nitrogens is 2. The highest BCUT2D eigenvalue weighted by atomic mass is 35.5. The number of para-hydroxylation sites is 1. The van der Waals surface area contributed by atoms with Crippen molar-refractivity contribution in [1.29, 1.82) is 0 Å². The van der Waals surface area contributed by atoms with Crippen LogP contribution in [0.15, 0.2) is 46.3 Å². The second kappa shape index (κ2) is 8.74. The Morgan fingerprint density at radius 1 is 1.14 bits per heavy atom. The van der Waals surface area contributed by atoms with Gasteiger partial charge in [-0.2, -0.15) is 0 Å². The van der Waals surface area contributed by atoms with Crippen molar-refractivity contribution in [2.45, 2.75) is 25.0 Å².